The van der Waals surface area contributed by atoms with Gasteiger partial charge < -0.3 is 15.4 Å². The second-order valence-corrected chi connectivity index (χ2v) is 4.26. The van der Waals surface area contributed by atoms with Gasteiger partial charge in [-0.2, -0.15) is 0 Å². The summed E-state index contributed by atoms with van der Waals surface area (Å²) in [5, 5.41) is 14.6. The highest BCUT2D eigenvalue weighted by atomic mass is 16.5. The molecule has 0 radical (unpaired) electrons. The molecule has 0 unspecified atom stereocenters. The van der Waals surface area contributed by atoms with Gasteiger partial charge in [0.15, 0.2) is 5.58 Å². The van der Waals surface area contributed by atoms with Crippen molar-refractivity contribution in [1.82, 2.24) is 5.16 Å². The molecule has 0 saturated carbocycles. The second kappa shape index (κ2) is 2.97. The Kier molecular flexibility index (Phi) is 1.98. The topological polar surface area (TPSA) is 72.3 Å². The molecule has 1 aromatic heterocycles. The quantitative estimate of drug-likeness (QED) is 0.699. The second-order valence-electron chi connectivity index (χ2n) is 4.26. The molecule has 1 aromatic carbocycles. The normalized spacial score (nSPS) is 12.3. The lowest BCUT2D eigenvalue weighted by atomic mass is 9.95. The number of hydrogen-bond donors (Lipinski definition) is 2. The Balaban J connectivity index is 2.74. The van der Waals surface area contributed by atoms with E-state index in [1.807, 2.05) is 6.92 Å². The first-order chi connectivity index (χ1) is 6.89. The molecule has 2 aromatic rings. The fourth-order valence-electron chi connectivity index (χ4n) is 1.65. The molecule has 0 fully saturated rings. The van der Waals surface area contributed by atoms with E-state index in [9.17, 15) is 5.11 Å². The average molecular weight is 206 g/mol. The van der Waals surface area contributed by atoms with Gasteiger partial charge in [0.05, 0.1) is 11.3 Å². The Morgan fingerprint density at radius 2 is 2.07 bits per heavy atom. The van der Waals surface area contributed by atoms with E-state index in [1.165, 1.54) is 0 Å². The lowest BCUT2D eigenvalue weighted by Gasteiger charge is -2.19. The Bertz CT molecular complexity index is 509. The Morgan fingerprint density at radius 1 is 1.40 bits per heavy atom. The van der Waals surface area contributed by atoms with Crippen molar-refractivity contribution in [3.8, 4) is 0 Å². The van der Waals surface area contributed by atoms with Crippen molar-refractivity contribution in [2.45, 2.75) is 26.4 Å². The summed E-state index contributed by atoms with van der Waals surface area (Å²) in [7, 11) is 0. The first-order valence-electron chi connectivity index (χ1n) is 4.78. The van der Waals surface area contributed by atoms with Crippen molar-refractivity contribution in [3.63, 3.8) is 0 Å². The van der Waals surface area contributed by atoms with Gasteiger partial charge in [-0.05, 0) is 32.9 Å². The summed E-state index contributed by atoms with van der Waals surface area (Å²) in [6.45, 7) is 5.23. The van der Waals surface area contributed by atoms with Crippen LogP contribution in [0.3, 0.4) is 0 Å². The third kappa shape index (κ3) is 1.57. The Morgan fingerprint density at radius 3 is 2.67 bits per heavy atom. The smallest absolute Gasteiger partial charge is 0.167 e. The van der Waals surface area contributed by atoms with E-state index < -0.39 is 5.60 Å². The van der Waals surface area contributed by atoms with Crippen molar-refractivity contribution in [1.29, 1.82) is 0 Å². The van der Waals surface area contributed by atoms with Gasteiger partial charge in [-0.15, -0.1) is 0 Å². The predicted molar refractivity (Wildman–Crippen MR) is 58.4 cm³/mol. The van der Waals surface area contributed by atoms with Crippen molar-refractivity contribution in [3.05, 3.63) is 23.4 Å². The number of benzene rings is 1. The minimum absolute atomic E-state index is 0.557. The molecule has 4 heteroatoms. The molecule has 4 nitrogen and oxygen atoms in total. The number of nitrogens with zero attached hydrogens (tertiary/aromatic N) is 1. The van der Waals surface area contributed by atoms with E-state index >= 15 is 0 Å². The number of aryl methyl sites for hydroxylation is 1. The largest absolute Gasteiger partial charge is 0.398 e. The van der Waals surface area contributed by atoms with Crippen molar-refractivity contribution in [2.75, 3.05) is 5.73 Å². The number of rotatable bonds is 1. The third-order valence-electron chi connectivity index (χ3n) is 2.48. The summed E-state index contributed by atoms with van der Waals surface area (Å²) >= 11 is 0. The zero-order chi connectivity index (χ0) is 11.2. The van der Waals surface area contributed by atoms with Gasteiger partial charge in [-0.1, -0.05) is 5.16 Å². The Labute approximate surface area is 87.7 Å². The van der Waals surface area contributed by atoms with Gasteiger partial charge in [0.2, 0.25) is 0 Å². The van der Waals surface area contributed by atoms with Crippen LogP contribution in [0.25, 0.3) is 11.0 Å². The lowest BCUT2D eigenvalue weighted by Crippen LogP contribution is -2.17. The van der Waals surface area contributed by atoms with Crippen LogP contribution in [-0.4, -0.2) is 10.3 Å². The molecule has 15 heavy (non-hydrogen) atoms. The number of aromatic nitrogens is 1. The van der Waals surface area contributed by atoms with Crippen LogP contribution >= 0.6 is 0 Å². The van der Waals surface area contributed by atoms with Gasteiger partial charge in [-0.3, -0.25) is 0 Å². The van der Waals surface area contributed by atoms with Gasteiger partial charge in [0.25, 0.3) is 0 Å². The first kappa shape index (κ1) is 9.98. The Hall–Kier alpha value is -1.55. The van der Waals surface area contributed by atoms with Crippen LogP contribution in [0.15, 0.2) is 16.7 Å². The van der Waals surface area contributed by atoms with Crippen molar-refractivity contribution in [2.24, 2.45) is 0 Å². The summed E-state index contributed by atoms with van der Waals surface area (Å²) in [5.41, 5.74) is 7.57. The molecule has 0 bridgehead atoms. The number of aliphatic hydroxyl groups is 1. The molecule has 3 N–H and O–H groups in total. The molecule has 0 spiro atoms. The summed E-state index contributed by atoms with van der Waals surface area (Å²) < 4.78 is 5.12. The van der Waals surface area contributed by atoms with E-state index in [4.69, 9.17) is 10.3 Å². The number of hydrogen-bond acceptors (Lipinski definition) is 4. The maximum atomic E-state index is 9.89. The number of anilines is 1. The number of nitrogen functional groups attached to an aromatic ring is 1. The molecule has 0 atom stereocenters. The average Bonchev–Trinajstić information content (AvgIpc) is 2.45. The molecule has 1 heterocycles. The van der Waals surface area contributed by atoms with Crippen LogP contribution in [0.1, 0.15) is 25.1 Å². The summed E-state index contributed by atoms with van der Waals surface area (Å²) in [4.78, 5) is 0. The van der Waals surface area contributed by atoms with Crippen LogP contribution in [0.4, 0.5) is 5.69 Å². The SMILES string of the molecule is Cc1noc2cc(C(C)(C)O)c(N)cc12. The minimum Gasteiger partial charge on any atom is -0.398 e. The fourth-order valence-corrected chi connectivity index (χ4v) is 1.65. The maximum absolute atomic E-state index is 9.89. The van der Waals surface area contributed by atoms with E-state index in [0.717, 1.165) is 11.1 Å². The van der Waals surface area contributed by atoms with Gasteiger partial charge >= 0.3 is 0 Å². The maximum Gasteiger partial charge on any atom is 0.167 e. The first-order valence-corrected chi connectivity index (χ1v) is 4.78. The van der Waals surface area contributed by atoms with Crippen LogP contribution in [0.5, 0.6) is 0 Å². The summed E-state index contributed by atoms with van der Waals surface area (Å²) in [6.07, 6.45) is 0. The van der Waals surface area contributed by atoms with E-state index in [2.05, 4.69) is 5.16 Å². The van der Waals surface area contributed by atoms with Crippen molar-refractivity contribution < 1.29 is 9.63 Å². The number of nitrogens with two attached hydrogens (primary N) is 1. The lowest BCUT2D eigenvalue weighted by molar-refractivity contribution is 0.0794. The highest BCUT2D eigenvalue weighted by Crippen LogP contribution is 2.31. The monoisotopic (exact) mass is 206 g/mol. The molecule has 0 saturated heterocycles. The zero-order valence-corrected chi connectivity index (χ0v) is 9.03. The molecule has 0 aliphatic heterocycles. The standard InChI is InChI=1S/C11H14N2O2/c1-6-7-4-9(12)8(11(2,3)14)5-10(7)15-13-6/h4-5,14H,12H2,1-3H3. The van der Waals surface area contributed by atoms with Crippen LogP contribution in [0, 0.1) is 6.92 Å². The van der Waals surface area contributed by atoms with Crippen LogP contribution < -0.4 is 5.73 Å². The van der Waals surface area contributed by atoms with E-state index in [-0.39, 0.29) is 0 Å². The third-order valence-corrected chi connectivity index (χ3v) is 2.48. The van der Waals surface area contributed by atoms with Gasteiger partial charge in [0, 0.05) is 16.6 Å². The van der Waals surface area contributed by atoms with Gasteiger partial charge in [-0.25, -0.2) is 0 Å². The van der Waals surface area contributed by atoms with Crippen LogP contribution in [-0.2, 0) is 5.60 Å². The highest BCUT2D eigenvalue weighted by molar-refractivity contribution is 5.84. The highest BCUT2D eigenvalue weighted by Gasteiger charge is 2.21. The molecule has 2 rings (SSSR count). The molecule has 80 valence electrons. The fraction of sp³-hybridized carbons (Fsp3) is 0.364. The molecular formula is C11H14N2O2. The van der Waals surface area contributed by atoms with E-state index in [1.54, 1.807) is 26.0 Å². The summed E-state index contributed by atoms with van der Waals surface area (Å²) in [6, 6.07) is 3.53. The zero-order valence-electron chi connectivity index (χ0n) is 9.03. The number of fused-ring (bicyclic) bond motifs is 1. The predicted octanol–water partition coefficient (Wildman–Crippen LogP) is 1.95. The summed E-state index contributed by atoms with van der Waals surface area (Å²) in [5.74, 6) is 0. The van der Waals surface area contributed by atoms with Gasteiger partial charge in [0.1, 0.15) is 0 Å². The minimum atomic E-state index is -0.973. The van der Waals surface area contributed by atoms with Crippen LogP contribution in [0.2, 0.25) is 0 Å². The molecular weight excluding hydrogens is 192 g/mol. The van der Waals surface area contributed by atoms with Crippen molar-refractivity contribution >= 4 is 16.7 Å². The molecule has 0 aliphatic carbocycles. The molecule has 0 aliphatic rings. The molecule has 0 amide bonds. The van der Waals surface area contributed by atoms with E-state index in [0.29, 0.717) is 16.8 Å².